The molecule has 0 spiro atoms. The van der Waals surface area contributed by atoms with E-state index < -0.39 is 0 Å². The molecule has 2 atom stereocenters. The molecule has 2 unspecified atom stereocenters. The molecular formula is C15H21BrN2O. The number of halogens is 1. The summed E-state index contributed by atoms with van der Waals surface area (Å²) in [5.74, 6) is 0.0700. The van der Waals surface area contributed by atoms with Gasteiger partial charge in [-0.05, 0) is 56.9 Å². The molecule has 1 amide bonds. The van der Waals surface area contributed by atoms with Gasteiger partial charge < -0.3 is 5.32 Å². The van der Waals surface area contributed by atoms with Crippen LogP contribution in [0.15, 0.2) is 22.7 Å². The molecule has 1 aliphatic carbocycles. The number of benzene rings is 1. The molecule has 0 saturated heterocycles. The number of hydrogen-bond acceptors (Lipinski definition) is 2. The first kappa shape index (κ1) is 14.5. The van der Waals surface area contributed by atoms with Gasteiger partial charge in [-0.3, -0.25) is 10.1 Å². The Kier molecular flexibility index (Phi) is 4.63. The van der Waals surface area contributed by atoms with Gasteiger partial charge in [0, 0.05) is 16.6 Å². The number of aryl methyl sites for hydroxylation is 1. The van der Waals surface area contributed by atoms with Crippen molar-refractivity contribution in [1.29, 1.82) is 0 Å². The van der Waals surface area contributed by atoms with Gasteiger partial charge in [0.1, 0.15) is 0 Å². The zero-order chi connectivity index (χ0) is 14.0. The van der Waals surface area contributed by atoms with Gasteiger partial charge in [-0.25, -0.2) is 0 Å². The number of rotatable bonds is 4. The molecule has 0 fully saturated rings. The van der Waals surface area contributed by atoms with Gasteiger partial charge in [-0.15, -0.1) is 0 Å². The normalized spacial score (nSPS) is 19.3. The average Bonchev–Trinajstić information content (AvgIpc) is 2.70. The fraction of sp³-hybridized carbons (Fsp3) is 0.533. The summed E-state index contributed by atoms with van der Waals surface area (Å²) in [6, 6.07) is 6.70. The molecule has 1 aliphatic rings. The molecule has 2 N–H and O–H groups in total. The number of carbonyl (C=O) groups excluding carboxylic acids is 1. The van der Waals surface area contributed by atoms with Crippen molar-refractivity contribution in [3.63, 3.8) is 0 Å². The lowest BCUT2D eigenvalue weighted by atomic mass is 10.1. The van der Waals surface area contributed by atoms with E-state index in [1.165, 1.54) is 11.1 Å². The lowest BCUT2D eigenvalue weighted by Crippen LogP contribution is -2.45. The molecule has 1 aromatic rings. The highest BCUT2D eigenvalue weighted by Crippen LogP contribution is 2.33. The van der Waals surface area contributed by atoms with Crippen molar-refractivity contribution < 1.29 is 4.79 Å². The number of fused-ring (bicyclic) bond motifs is 1. The van der Waals surface area contributed by atoms with Crippen LogP contribution in [0.5, 0.6) is 0 Å². The van der Waals surface area contributed by atoms with Crippen LogP contribution in [0.1, 0.15) is 44.4 Å². The second-order valence-electron chi connectivity index (χ2n) is 5.49. The molecule has 4 heteroatoms. The fourth-order valence-electron chi connectivity index (χ4n) is 2.55. The van der Waals surface area contributed by atoms with E-state index in [0.29, 0.717) is 0 Å². The molecule has 2 rings (SSSR count). The Morgan fingerprint density at radius 1 is 1.37 bits per heavy atom. The Morgan fingerprint density at radius 3 is 2.79 bits per heavy atom. The monoisotopic (exact) mass is 324 g/mol. The predicted octanol–water partition coefficient (Wildman–Crippen LogP) is 2.94. The van der Waals surface area contributed by atoms with E-state index in [0.717, 1.165) is 17.3 Å². The quantitative estimate of drug-likeness (QED) is 0.894. The zero-order valence-electron chi connectivity index (χ0n) is 11.7. The van der Waals surface area contributed by atoms with Crippen molar-refractivity contribution in [2.75, 3.05) is 0 Å². The molecule has 0 heterocycles. The van der Waals surface area contributed by atoms with Gasteiger partial charge >= 0.3 is 0 Å². The molecule has 3 nitrogen and oxygen atoms in total. The highest BCUT2D eigenvalue weighted by molar-refractivity contribution is 9.10. The fourth-order valence-corrected chi connectivity index (χ4v) is 2.95. The van der Waals surface area contributed by atoms with Crippen LogP contribution in [0.3, 0.4) is 0 Å². The predicted molar refractivity (Wildman–Crippen MR) is 81.1 cm³/mol. The second-order valence-corrected chi connectivity index (χ2v) is 6.40. The Labute approximate surface area is 123 Å². The molecule has 0 saturated carbocycles. The third-order valence-electron chi connectivity index (χ3n) is 3.46. The third-order valence-corrected chi connectivity index (χ3v) is 3.95. The van der Waals surface area contributed by atoms with Crippen LogP contribution < -0.4 is 10.6 Å². The van der Waals surface area contributed by atoms with E-state index in [-0.39, 0.29) is 24.0 Å². The van der Waals surface area contributed by atoms with Crippen LogP contribution in [-0.2, 0) is 11.2 Å². The van der Waals surface area contributed by atoms with E-state index in [1.54, 1.807) is 0 Å². The van der Waals surface area contributed by atoms with Crippen molar-refractivity contribution in [3.05, 3.63) is 33.8 Å². The third kappa shape index (κ3) is 3.57. The van der Waals surface area contributed by atoms with Gasteiger partial charge in [0.2, 0.25) is 5.91 Å². The minimum atomic E-state index is -0.165. The molecule has 0 bridgehead atoms. The highest BCUT2D eigenvalue weighted by atomic mass is 79.9. The first-order valence-corrected chi connectivity index (χ1v) is 7.61. The van der Waals surface area contributed by atoms with E-state index in [2.05, 4.69) is 44.8 Å². The molecule has 0 aliphatic heterocycles. The summed E-state index contributed by atoms with van der Waals surface area (Å²) in [6.07, 6.45) is 2.13. The first-order valence-electron chi connectivity index (χ1n) is 6.82. The van der Waals surface area contributed by atoms with Crippen molar-refractivity contribution in [3.8, 4) is 0 Å². The van der Waals surface area contributed by atoms with Crippen LogP contribution in [0.4, 0.5) is 0 Å². The molecule has 0 radical (unpaired) electrons. The summed E-state index contributed by atoms with van der Waals surface area (Å²) in [5.41, 5.74) is 2.70. The first-order chi connectivity index (χ1) is 8.97. The van der Waals surface area contributed by atoms with Gasteiger partial charge in [-0.1, -0.05) is 22.0 Å². The SMILES string of the molecule is CC(C)NC(=O)C(C)NC1CCc2cc(Br)ccc21. The summed E-state index contributed by atoms with van der Waals surface area (Å²) in [5, 5.41) is 6.37. The van der Waals surface area contributed by atoms with Crippen molar-refractivity contribution in [1.82, 2.24) is 10.6 Å². The highest BCUT2D eigenvalue weighted by Gasteiger charge is 2.25. The number of carbonyl (C=O) groups is 1. The lowest BCUT2D eigenvalue weighted by Gasteiger charge is -2.21. The van der Waals surface area contributed by atoms with Gasteiger partial charge in [0.05, 0.1) is 6.04 Å². The standard InChI is InChI=1S/C15H21BrN2O/c1-9(2)17-15(19)10(3)18-14-7-4-11-8-12(16)5-6-13(11)14/h5-6,8-10,14,18H,4,7H2,1-3H3,(H,17,19). The van der Waals surface area contributed by atoms with E-state index in [4.69, 9.17) is 0 Å². The minimum Gasteiger partial charge on any atom is -0.353 e. The van der Waals surface area contributed by atoms with Crippen LogP contribution in [0, 0.1) is 0 Å². The molecule has 19 heavy (non-hydrogen) atoms. The lowest BCUT2D eigenvalue weighted by molar-refractivity contribution is -0.123. The van der Waals surface area contributed by atoms with Crippen molar-refractivity contribution in [2.45, 2.75) is 51.7 Å². The summed E-state index contributed by atoms with van der Waals surface area (Å²) < 4.78 is 1.12. The average molecular weight is 325 g/mol. The Balaban J connectivity index is 2.01. The number of hydrogen-bond donors (Lipinski definition) is 2. The maximum atomic E-state index is 11.9. The largest absolute Gasteiger partial charge is 0.353 e. The maximum Gasteiger partial charge on any atom is 0.237 e. The maximum absolute atomic E-state index is 11.9. The molecular weight excluding hydrogens is 304 g/mol. The Bertz CT molecular complexity index is 473. The van der Waals surface area contributed by atoms with E-state index >= 15 is 0 Å². The van der Waals surface area contributed by atoms with Crippen LogP contribution >= 0.6 is 15.9 Å². The number of nitrogens with one attached hydrogen (secondary N) is 2. The summed E-state index contributed by atoms with van der Waals surface area (Å²) >= 11 is 3.50. The Morgan fingerprint density at radius 2 is 2.11 bits per heavy atom. The van der Waals surface area contributed by atoms with E-state index in [9.17, 15) is 4.79 Å². The smallest absolute Gasteiger partial charge is 0.237 e. The van der Waals surface area contributed by atoms with Crippen molar-refractivity contribution in [2.24, 2.45) is 0 Å². The van der Waals surface area contributed by atoms with E-state index in [1.807, 2.05) is 20.8 Å². The minimum absolute atomic E-state index is 0.0700. The van der Waals surface area contributed by atoms with Crippen molar-refractivity contribution >= 4 is 21.8 Å². The zero-order valence-corrected chi connectivity index (χ0v) is 13.3. The molecule has 104 valence electrons. The van der Waals surface area contributed by atoms with Gasteiger partial charge in [0.15, 0.2) is 0 Å². The topological polar surface area (TPSA) is 41.1 Å². The number of amides is 1. The van der Waals surface area contributed by atoms with Crippen LogP contribution in [0.2, 0.25) is 0 Å². The van der Waals surface area contributed by atoms with Crippen LogP contribution in [-0.4, -0.2) is 18.0 Å². The second kappa shape index (κ2) is 6.06. The summed E-state index contributed by atoms with van der Waals surface area (Å²) in [7, 11) is 0. The van der Waals surface area contributed by atoms with Crippen LogP contribution in [0.25, 0.3) is 0 Å². The van der Waals surface area contributed by atoms with Gasteiger partial charge in [-0.2, -0.15) is 0 Å². The summed E-state index contributed by atoms with van der Waals surface area (Å²) in [4.78, 5) is 11.9. The Hall–Kier alpha value is -0.870. The molecule has 0 aromatic heterocycles. The molecule has 1 aromatic carbocycles. The van der Waals surface area contributed by atoms with Gasteiger partial charge in [0.25, 0.3) is 0 Å². The summed E-state index contributed by atoms with van der Waals surface area (Å²) in [6.45, 7) is 5.88.